The van der Waals surface area contributed by atoms with Crippen molar-refractivity contribution in [3.05, 3.63) is 33.2 Å². The Hall–Kier alpha value is -1.09. The van der Waals surface area contributed by atoms with E-state index in [2.05, 4.69) is 0 Å². The van der Waals surface area contributed by atoms with Crippen LogP contribution in [0.4, 0.5) is 0 Å². The highest BCUT2D eigenvalue weighted by Gasteiger charge is 2.07. The number of ketones is 1. The lowest BCUT2D eigenvalue weighted by molar-refractivity contribution is 0.101. The van der Waals surface area contributed by atoms with Crippen LogP contribution in [-0.2, 0) is 7.05 Å². The number of Topliss-reactive ketones (excluding diaryl/α,β-unsaturated/α-hetero) is 1. The fourth-order valence-corrected chi connectivity index (χ4v) is 1.18. The summed E-state index contributed by atoms with van der Waals surface area (Å²) in [5, 5.41) is 0.391. The maximum atomic E-state index is 11.2. The van der Waals surface area contributed by atoms with Gasteiger partial charge < -0.3 is 4.57 Å². The van der Waals surface area contributed by atoms with Gasteiger partial charge in [-0.3, -0.25) is 9.59 Å². The van der Waals surface area contributed by atoms with E-state index < -0.39 is 0 Å². The Balaban J connectivity index is 0.000000791. The molecule has 0 atom stereocenters. The van der Waals surface area contributed by atoms with E-state index >= 15 is 0 Å². The molecule has 1 aromatic rings. The molecular formula is C10H14ClNO2. The molecule has 14 heavy (non-hydrogen) atoms. The molecule has 0 radical (unpaired) electrons. The van der Waals surface area contributed by atoms with Crippen LogP contribution in [0.2, 0.25) is 5.02 Å². The molecule has 78 valence electrons. The topological polar surface area (TPSA) is 39.1 Å². The van der Waals surface area contributed by atoms with Crippen LogP contribution in [0.25, 0.3) is 0 Å². The fraction of sp³-hybridized carbons (Fsp3) is 0.400. The van der Waals surface area contributed by atoms with Crippen LogP contribution < -0.4 is 5.56 Å². The van der Waals surface area contributed by atoms with Crippen LogP contribution in [0, 0.1) is 0 Å². The largest absolute Gasteiger partial charge is 0.316 e. The average Bonchev–Trinajstić information content (AvgIpc) is 2.14. The molecule has 4 heteroatoms. The molecule has 1 heterocycles. The van der Waals surface area contributed by atoms with E-state index in [1.807, 2.05) is 13.8 Å². The third-order valence-electron chi connectivity index (χ3n) is 1.53. The zero-order valence-electron chi connectivity index (χ0n) is 8.80. The quantitative estimate of drug-likeness (QED) is 0.675. The fourth-order valence-electron chi connectivity index (χ4n) is 0.923. The summed E-state index contributed by atoms with van der Waals surface area (Å²) in [6.07, 6.45) is 1.47. The number of halogens is 1. The standard InChI is InChI=1S/C8H8ClNO2.C2H6/c1-5(11)7-3-6(9)4-10(2)8(7)12;1-2/h3-4H,1-2H3;1-2H3. The van der Waals surface area contributed by atoms with Gasteiger partial charge in [-0.25, -0.2) is 0 Å². The Morgan fingerprint density at radius 3 is 2.36 bits per heavy atom. The van der Waals surface area contributed by atoms with Crippen molar-refractivity contribution in [1.82, 2.24) is 4.57 Å². The van der Waals surface area contributed by atoms with Crippen molar-refractivity contribution in [2.24, 2.45) is 7.05 Å². The Bertz CT molecular complexity index is 382. The molecule has 0 aliphatic heterocycles. The van der Waals surface area contributed by atoms with Crippen LogP contribution in [0.3, 0.4) is 0 Å². The van der Waals surface area contributed by atoms with Crippen LogP contribution in [0.15, 0.2) is 17.1 Å². The Morgan fingerprint density at radius 1 is 1.43 bits per heavy atom. The maximum Gasteiger partial charge on any atom is 0.261 e. The second-order valence-corrected chi connectivity index (χ2v) is 2.98. The number of carbonyl (C=O) groups is 1. The number of aryl methyl sites for hydroxylation is 1. The predicted molar refractivity (Wildman–Crippen MR) is 58.0 cm³/mol. The molecule has 1 rings (SSSR count). The molecule has 0 aromatic carbocycles. The van der Waals surface area contributed by atoms with Crippen LogP contribution in [0.1, 0.15) is 31.1 Å². The first-order chi connectivity index (χ1) is 6.52. The van der Waals surface area contributed by atoms with Gasteiger partial charge in [-0.2, -0.15) is 0 Å². The van der Waals surface area contributed by atoms with E-state index in [-0.39, 0.29) is 16.9 Å². The van der Waals surface area contributed by atoms with Crippen LogP contribution in [0.5, 0.6) is 0 Å². The second kappa shape index (κ2) is 5.60. The highest BCUT2D eigenvalue weighted by molar-refractivity contribution is 6.30. The summed E-state index contributed by atoms with van der Waals surface area (Å²) in [4.78, 5) is 22.1. The summed E-state index contributed by atoms with van der Waals surface area (Å²) in [5.74, 6) is -0.266. The maximum absolute atomic E-state index is 11.2. The number of hydrogen-bond donors (Lipinski definition) is 0. The smallest absolute Gasteiger partial charge is 0.261 e. The summed E-state index contributed by atoms with van der Waals surface area (Å²) in [6, 6.07) is 1.38. The monoisotopic (exact) mass is 215 g/mol. The molecule has 0 fully saturated rings. The zero-order valence-corrected chi connectivity index (χ0v) is 9.55. The van der Waals surface area contributed by atoms with Gasteiger partial charge >= 0.3 is 0 Å². The van der Waals surface area contributed by atoms with E-state index in [0.717, 1.165) is 0 Å². The SMILES string of the molecule is CC.CC(=O)c1cc(Cl)cn(C)c1=O. The minimum Gasteiger partial charge on any atom is -0.316 e. The van der Waals surface area contributed by atoms with E-state index in [0.29, 0.717) is 5.02 Å². The van der Waals surface area contributed by atoms with Gasteiger partial charge in [0, 0.05) is 13.2 Å². The van der Waals surface area contributed by atoms with Gasteiger partial charge in [-0.15, -0.1) is 0 Å². The third kappa shape index (κ3) is 3.00. The van der Waals surface area contributed by atoms with Crippen molar-refractivity contribution in [1.29, 1.82) is 0 Å². The molecule has 0 saturated heterocycles. The van der Waals surface area contributed by atoms with Crippen molar-refractivity contribution in [3.63, 3.8) is 0 Å². The number of hydrogen-bond acceptors (Lipinski definition) is 2. The molecule has 0 aliphatic carbocycles. The summed E-state index contributed by atoms with van der Waals surface area (Å²) in [6.45, 7) is 5.34. The molecule has 0 amide bonds. The number of nitrogens with zero attached hydrogens (tertiary/aromatic N) is 1. The Labute approximate surface area is 88.3 Å². The number of rotatable bonds is 1. The molecule has 3 nitrogen and oxygen atoms in total. The van der Waals surface area contributed by atoms with Crippen LogP contribution in [-0.4, -0.2) is 10.4 Å². The second-order valence-electron chi connectivity index (χ2n) is 2.54. The van der Waals surface area contributed by atoms with Crippen molar-refractivity contribution in [2.45, 2.75) is 20.8 Å². The molecule has 0 saturated carbocycles. The van der Waals surface area contributed by atoms with E-state index in [1.54, 1.807) is 7.05 Å². The number of aromatic nitrogens is 1. The highest BCUT2D eigenvalue weighted by atomic mass is 35.5. The van der Waals surface area contributed by atoms with E-state index in [4.69, 9.17) is 11.6 Å². The minimum absolute atomic E-state index is 0.130. The van der Waals surface area contributed by atoms with E-state index in [1.165, 1.54) is 23.8 Å². The summed E-state index contributed by atoms with van der Waals surface area (Å²) in [5.41, 5.74) is -0.183. The van der Waals surface area contributed by atoms with Gasteiger partial charge in [0.25, 0.3) is 5.56 Å². The molecule has 0 aliphatic rings. The molecule has 0 bridgehead atoms. The Kier molecular flexibility index (Phi) is 5.16. The summed E-state index contributed by atoms with van der Waals surface area (Å²) in [7, 11) is 1.56. The normalized spacial score (nSPS) is 8.93. The molecule has 0 N–H and O–H groups in total. The predicted octanol–water partition coefficient (Wildman–Crippen LogP) is 2.27. The minimum atomic E-state index is -0.313. The summed E-state index contributed by atoms with van der Waals surface area (Å²) >= 11 is 5.65. The Morgan fingerprint density at radius 2 is 1.93 bits per heavy atom. The van der Waals surface area contributed by atoms with Crippen molar-refractivity contribution in [2.75, 3.05) is 0 Å². The molecular weight excluding hydrogens is 202 g/mol. The lowest BCUT2D eigenvalue weighted by atomic mass is 10.2. The zero-order chi connectivity index (χ0) is 11.3. The number of pyridine rings is 1. The first kappa shape index (κ1) is 12.9. The first-order valence-corrected chi connectivity index (χ1v) is 4.77. The molecule has 0 unspecified atom stereocenters. The highest BCUT2D eigenvalue weighted by Crippen LogP contribution is 2.06. The van der Waals surface area contributed by atoms with Crippen molar-refractivity contribution in [3.8, 4) is 0 Å². The number of carbonyl (C=O) groups excluding carboxylic acids is 1. The van der Waals surface area contributed by atoms with Gasteiger partial charge in [0.05, 0.1) is 10.6 Å². The summed E-state index contributed by atoms with van der Waals surface area (Å²) < 4.78 is 1.29. The lowest BCUT2D eigenvalue weighted by Gasteiger charge is -2.00. The third-order valence-corrected chi connectivity index (χ3v) is 1.74. The van der Waals surface area contributed by atoms with Gasteiger partial charge in [0.1, 0.15) is 0 Å². The van der Waals surface area contributed by atoms with Gasteiger partial charge in [0.2, 0.25) is 0 Å². The van der Waals surface area contributed by atoms with Gasteiger partial charge in [-0.05, 0) is 13.0 Å². The van der Waals surface area contributed by atoms with E-state index in [9.17, 15) is 9.59 Å². The van der Waals surface area contributed by atoms with Gasteiger partial charge in [0.15, 0.2) is 5.78 Å². The van der Waals surface area contributed by atoms with Crippen molar-refractivity contribution < 1.29 is 4.79 Å². The molecule has 0 spiro atoms. The van der Waals surface area contributed by atoms with Crippen LogP contribution >= 0.6 is 11.6 Å². The lowest BCUT2D eigenvalue weighted by Crippen LogP contribution is -2.22. The first-order valence-electron chi connectivity index (χ1n) is 4.39. The van der Waals surface area contributed by atoms with Gasteiger partial charge in [-0.1, -0.05) is 25.4 Å². The van der Waals surface area contributed by atoms with Crippen molar-refractivity contribution >= 4 is 17.4 Å². The molecule has 1 aromatic heterocycles. The average molecular weight is 216 g/mol.